The maximum Gasteiger partial charge on any atom is 0.410 e. The highest BCUT2D eigenvalue weighted by Crippen LogP contribution is 2.41. The average molecular weight is 315 g/mol. The fraction of sp³-hybridized carbons (Fsp3) is 0.556. The number of anilines is 1. The lowest BCUT2D eigenvalue weighted by atomic mass is 9.93. The molecule has 5 heteroatoms. The molecule has 0 unspecified atom stereocenters. The largest absolute Gasteiger partial charge is 0.444 e. The van der Waals surface area contributed by atoms with E-state index < -0.39 is 5.60 Å². The molecule has 124 valence electrons. The highest BCUT2D eigenvalue weighted by molar-refractivity contribution is 6.13. The van der Waals surface area contributed by atoms with Gasteiger partial charge in [-0.05, 0) is 45.7 Å². The average Bonchev–Trinajstić information content (AvgIpc) is 3.20. The monoisotopic (exact) mass is 315 g/mol. The maximum atomic E-state index is 12.1. The Morgan fingerprint density at radius 2 is 1.83 bits per heavy atom. The molecule has 2 aliphatic heterocycles. The number of aliphatic imine (C=N–C) groups is 1. The molecular formula is C18H25N3O2. The van der Waals surface area contributed by atoms with Crippen LogP contribution in [-0.2, 0) is 4.74 Å². The van der Waals surface area contributed by atoms with Gasteiger partial charge in [0.1, 0.15) is 17.0 Å². The summed E-state index contributed by atoms with van der Waals surface area (Å²) in [6.45, 7) is 7.09. The minimum absolute atomic E-state index is 0.0664. The summed E-state index contributed by atoms with van der Waals surface area (Å²) in [6, 6.07) is 10.3. The molecular weight excluding hydrogens is 290 g/mol. The van der Waals surface area contributed by atoms with Crippen LogP contribution in [0.1, 0.15) is 33.6 Å². The SMILES string of the molecule is CN(C1=NC12CCN(C(=O)OC(C)(C)C)CC2)c1ccccc1. The summed E-state index contributed by atoms with van der Waals surface area (Å²) in [5.41, 5.74) is 0.641. The molecule has 0 N–H and O–H groups in total. The van der Waals surface area contributed by atoms with Crippen LogP contribution < -0.4 is 4.90 Å². The summed E-state index contributed by atoms with van der Waals surface area (Å²) < 4.78 is 5.45. The second kappa shape index (κ2) is 5.55. The normalized spacial score (nSPS) is 19.3. The van der Waals surface area contributed by atoms with E-state index in [2.05, 4.69) is 24.1 Å². The van der Waals surface area contributed by atoms with E-state index in [1.54, 1.807) is 4.90 Å². The van der Waals surface area contributed by atoms with Crippen molar-refractivity contribution in [2.45, 2.75) is 44.8 Å². The minimum atomic E-state index is -0.443. The third kappa shape index (κ3) is 3.33. The number of rotatable bonds is 1. The standard InChI is InChI=1S/C18H25N3O2/c1-17(2,3)23-16(22)21-12-10-18(11-13-21)15(19-18)20(4)14-8-6-5-7-9-14/h5-9H,10-13H2,1-4H3. The number of para-hydroxylation sites is 1. The Balaban J connectivity index is 1.56. The van der Waals surface area contributed by atoms with E-state index >= 15 is 0 Å². The molecule has 1 aromatic rings. The van der Waals surface area contributed by atoms with Gasteiger partial charge in [-0.15, -0.1) is 0 Å². The van der Waals surface area contributed by atoms with Crippen LogP contribution in [0.5, 0.6) is 0 Å². The number of likely N-dealkylation sites (N-methyl/N-ethyl adjacent to an activating group) is 1. The number of amidine groups is 1. The van der Waals surface area contributed by atoms with Gasteiger partial charge in [-0.1, -0.05) is 18.2 Å². The lowest BCUT2D eigenvalue weighted by Gasteiger charge is -2.34. The highest BCUT2D eigenvalue weighted by atomic mass is 16.6. The van der Waals surface area contributed by atoms with Crippen molar-refractivity contribution in [3.8, 4) is 0 Å². The molecule has 1 amide bonds. The van der Waals surface area contributed by atoms with Gasteiger partial charge >= 0.3 is 6.09 Å². The van der Waals surface area contributed by atoms with Crippen molar-refractivity contribution in [3.05, 3.63) is 30.3 Å². The number of ether oxygens (including phenoxy) is 1. The van der Waals surface area contributed by atoms with Crippen molar-refractivity contribution in [2.24, 2.45) is 4.99 Å². The summed E-state index contributed by atoms with van der Waals surface area (Å²) >= 11 is 0. The lowest BCUT2D eigenvalue weighted by Crippen LogP contribution is -2.46. The Morgan fingerprint density at radius 3 is 2.39 bits per heavy atom. The molecule has 0 aliphatic carbocycles. The van der Waals surface area contributed by atoms with Gasteiger partial charge in [-0.2, -0.15) is 0 Å². The Bertz CT molecular complexity index is 611. The van der Waals surface area contributed by atoms with Crippen LogP contribution in [0.3, 0.4) is 0 Å². The van der Waals surface area contributed by atoms with E-state index in [-0.39, 0.29) is 11.6 Å². The zero-order chi connectivity index (χ0) is 16.7. The van der Waals surface area contributed by atoms with Gasteiger partial charge in [0.15, 0.2) is 0 Å². The Labute approximate surface area is 137 Å². The first kappa shape index (κ1) is 15.8. The van der Waals surface area contributed by atoms with Crippen molar-refractivity contribution in [2.75, 3.05) is 25.0 Å². The van der Waals surface area contributed by atoms with Gasteiger partial charge in [0.25, 0.3) is 0 Å². The zero-order valence-corrected chi connectivity index (χ0v) is 14.4. The number of hydrogen-bond acceptors (Lipinski definition) is 4. The predicted molar refractivity (Wildman–Crippen MR) is 92.1 cm³/mol. The smallest absolute Gasteiger partial charge is 0.410 e. The van der Waals surface area contributed by atoms with Crippen LogP contribution in [0.4, 0.5) is 10.5 Å². The minimum Gasteiger partial charge on any atom is -0.444 e. The summed E-state index contributed by atoms with van der Waals surface area (Å²) in [7, 11) is 2.06. The molecule has 1 aromatic carbocycles. The molecule has 1 spiro atoms. The van der Waals surface area contributed by atoms with E-state index in [4.69, 9.17) is 9.73 Å². The van der Waals surface area contributed by atoms with E-state index in [1.165, 1.54) is 0 Å². The van der Waals surface area contributed by atoms with Gasteiger partial charge in [-0.25, -0.2) is 4.79 Å². The van der Waals surface area contributed by atoms with Gasteiger partial charge in [-0.3, -0.25) is 4.99 Å². The molecule has 3 rings (SSSR count). The molecule has 1 fully saturated rings. The molecule has 0 radical (unpaired) electrons. The van der Waals surface area contributed by atoms with Crippen LogP contribution in [0.2, 0.25) is 0 Å². The van der Waals surface area contributed by atoms with Crippen LogP contribution in [0, 0.1) is 0 Å². The number of carbonyl (C=O) groups excluding carboxylic acids is 1. The van der Waals surface area contributed by atoms with E-state index in [1.807, 2.05) is 39.0 Å². The van der Waals surface area contributed by atoms with Crippen LogP contribution >= 0.6 is 0 Å². The topological polar surface area (TPSA) is 45.1 Å². The van der Waals surface area contributed by atoms with Gasteiger partial charge < -0.3 is 14.5 Å². The number of likely N-dealkylation sites (tertiary alicyclic amines) is 1. The highest BCUT2D eigenvalue weighted by Gasteiger charge is 2.52. The summed E-state index contributed by atoms with van der Waals surface area (Å²) in [6.07, 6.45) is 1.53. The maximum absolute atomic E-state index is 12.1. The molecule has 2 heterocycles. The van der Waals surface area contributed by atoms with Gasteiger partial charge in [0.05, 0.1) is 0 Å². The number of hydrogen-bond donors (Lipinski definition) is 0. The zero-order valence-electron chi connectivity index (χ0n) is 14.4. The van der Waals surface area contributed by atoms with Crippen molar-refractivity contribution in [1.29, 1.82) is 0 Å². The molecule has 0 atom stereocenters. The lowest BCUT2D eigenvalue weighted by molar-refractivity contribution is 0.0202. The Kier molecular flexibility index (Phi) is 3.82. The summed E-state index contributed by atoms with van der Waals surface area (Å²) in [5, 5.41) is 0. The van der Waals surface area contributed by atoms with Gasteiger partial charge in [0.2, 0.25) is 0 Å². The van der Waals surface area contributed by atoms with Crippen LogP contribution in [0.15, 0.2) is 35.3 Å². The number of benzene rings is 1. The first-order valence-corrected chi connectivity index (χ1v) is 8.18. The molecule has 0 saturated carbocycles. The fourth-order valence-corrected chi connectivity index (χ4v) is 3.06. The number of carbonyl (C=O) groups is 1. The third-order valence-electron chi connectivity index (χ3n) is 4.39. The van der Waals surface area contributed by atoms with E-state index in [0.29, 0.717) is 13.1 Å². The first-order chi connectivity index (χ1) is 10.8. The predicted octanol–water partition coefficient (Wildman–Crippen LogP) is 3.30. The first-order valence-electron chi connectivity index (χ1n) is 8.18. The quantitative estimate of drug-likeness (QED) is 0.799. The van der Waals surface area contributed by atoms with E-state index in [9.17, 15) is 4.79 Å². The fourth-order valence-electron chi connectivity index (χ4n) is 3.06. The van der Waals surface area contributed by atoms with Crippen molar-refractivity contribution in [1.82, 2.24) is 4.90 Å². The number of nitrogens with zero attached hydrogens (tertiary/aromatic N) is 3. The molecule has 23 heavy (non-hydrogen) atoms. The summed E-state index contributed by atoms with van der Waals surface area (Å²) in [5.74, 6) is 1.13. The van der Waals surface area contributed by atoms with E-state index in [0.717, 1.165) is 24.4 Å². The molecule has 5 nitrogen and oxygen atoms in total. The van der Waals surface area contributed by atoms with Gasteiger partial charge in [0, 0.05) is 25.8 Å². The molecule has 2 aliphatic rings. The Hall–Kier alpha value is -2.04. The summed E-state index contributed by atoms with van der Waals surface area (Å²) in [4.78, 5) is 20.8. The van der Waals surface area contributed by atoms with Crippen molar-refractivity contribution < 1.29 is 9.53 Å². The van der Waals surface area contributed by atoms with Crippen molar-refractivity contribution >= 4 is 17.6 Å². The van der Waals surface area contributed by atoms with Crippen molar-refractivity contribution in [3.63, 3.8) is 0 Å². The molecule has 1 saturated heterocycles. The number of amides is 1. The molecule has 0 aromatic heterocycles. The Morgan fingerprint density at radius 1 is 1.22 bits per heavy atom. The second-order valence-electron chi connectivity index (χ2n) is 7.33. The third-order valence-corrected chi connectivity index (χ3v) is 4.39. The van der Waals surface area contributed by atoms with Crippen LogP contribution in [-0.4, -0.2) is 48.1 Å². The van der Waals surface area contributed by atoms with Crippen LogP contribution in [0.25, 0.3) is 0 Å². The second-order valence-corrected chi connectivity index (χ2v) is 7.33. The molecule has 0 bridgehead atoms. The number of piperidine rings is 1.